The van der Waals surface area contributed by atoms with E-state index >= 15 is 0 Å². The average Bonchev–Trinajstić information content (AvgIpc) is 3.05. The number of aliphatic hydroxyl groups is 3. The van der Waals surface area contributed by atoms with E-state index < -0.39 is 35.1 Å². The van der Waals surface area contributed by atoms with Crippen LogP contribution < -0.4 is 4.74 Å². The quantitative estimate of drug-likeness (QED) is 0.502. The first-order chi connectivity index (χ1) is 14.8. The molecule has 3 aliphatic carbocycles. The lowest BCUT2D eigenvalue weighted by Crippen LogP contribution is -2.78. The second-order valence-electron chi connectivity index (χ2n) is 10.9. The Bertz CT molecular complexity index is 947. The van der Waals surface area contributed by atoms with Crippen molar-refractivity contribution in [2.75, 3.05) is 13.7 Å². The number of halogens is 1. The molecule has 1 aromatic carbocycles. The Labute approximate surface area is 193 Å². The number of aliphatic hydroxyl groups excluding tert-OH is 2. The third-order valence-corrected chi connectivity index (χ3v) is 9.08. The molecule has 0 radical (unpaired) electrons. The number of phenols is 1. The van der Waals surface area contributed by atoms with E-state index in [-0.39, 0.29) is 45.9 Å². The molecule has 7 unspecified atom stereocenters. The lowest BCUT2D eigenvalue weighted by atomic mass is 9.40. The summed E-state index contributed by atoms with van der Waals surface area (Å²) >= 11 is 6.23. The van der Waals surface area contributed by atoms with Crippen LogP contribution in [0.3, 0.4) is 0 Å². The molecule has 0 amide bonds. The van der Waals surface area contributed by atoms with Gasteiger partial charge in [0.1, 0.15) is 22.7 Å². The topological polar surface area (TPSA) is 116 Å². The molecule has 32 heavy (non-hydrogen) atoms. The molecule has 178 valence electrons. The molecule has 3 fully saturated rings. The van der Waals surface area contributed by atoms with E-state index in [0.29, 0.717) is 12.0 Å². The molecule has 8 heteroatoms. The summed E-state index contributed by atoms with van der Waals surface area (Å²) in [6.07, 6.45) is 0.201. The molecule has 7 atom stereocenters. The molecule has 3 saturated carbocycles. The third-order valence-electron chi connectivity index (χ3n) is 8.62. The van der Waals surface area contributed by atoms with Crippen LogP contribution in [0.15, 0.2) is 6.07 Å². The number of hydrogen-bond donors (Lipinski definition) is 4. The summed E-state index contributed by atoms with van der Waals surface area (Å²) in [4.78, 5) is 12.9. The minimum atomic E-state index is -1.55. The molecule has 0 saturated heterocycles. The fourth-order valence-electron chi connectivity index (χ4n) is 6.93. The van der Waals surface area contributed by atoms with Gasteiger partial charge in [0, 0.05) is 11.5 Å². The van der Waals surface area contributed by atoms with Crippen molar-refractivity contribution in [1.82, 2.24) is 0 Å². The Morgan fingerprint density at radius 3 is 2.47 bits per heavy atom. The van der Waals surface area contributed by atoms with Crippen molar-refractivity contribution in [2.24, 2.45) is 28.6 Å². The summed E-state index contributed by atoms with van der Waals surface area (Å²) in [5, 5.41) is 44.0. The highest BCUT2D eigenvalue weighted by molar-refractivity contribution is 6.33. The molecule has 0 bridgehead atoms. The highest BCUT2D eigenvalue weighted by Crippen LogP contribution is 2.69. The maximum absolute atomic E-state index is 12.9. The smallest absolute Gasteiger partial charge is 0.342 e. The van der Waals surface area contributed by atoms with E-state index in [1.54, 1.807) is 6.92 Å². The van der Waals surface area contributed by atoms with Crippen LogP contribution in [0.25, 0.3) is 0 Å². The van der Waals surface area contributed by atoms with E-state index in [2.05, 4.69) is 13.8 Å². The number of benzene rings is 1. The Morgan fingerprint density at radius 2 is 1.88 bits per heavy atom. The number of ether oxygens (including phenoxy) is 2. The van der Waals surface area contributed by atoms with Gasteiger partial charge in [-0.25, -0.2) is 4.79 Å². The Kier molecular flexibility index (Phi) is 5.52. The first-order valence-electron chi connectivity index (χ1n) is 11.1. The van der Waals surface area contributed by atoms with Gasteiger partial charge in [0.15, 0.2) is 0 Å². The monoisotopic (exact) mass is 468 g/mol. The Hall–Kier alpha value is -1.54. The fraction of sp³-hybridized carbons (Fsp3) is 0.708. The molecule has 0 spiro atoms. The van der Waals surface area contributed by atoms with Crippen LogP contribution in [-0.4, -0.2) is 57.9 Å². The lowest BCUT2D eigenvalue weighted by Gasteiger charge is -2.68. The second kappa shape index (κ2) is 7.49. The highest BCUT2D eigenvalue weighted by atomic mass is 35.5. The van der Waals surface area contributed by atoms with E-state index in [9.17, 15) is 25.2 Å². The predicted octanol–water partition coefficient (Wildman–Crippen LogP) is 3.06. The average molecular weight is 469 g/mol. The number of rotatable bonds is 4. The van der Waals surface area contributed by atoms with Crippen LogP contribution in [0.1, 0.15) is 56.0 Å². The van der Waals surface area contributed by atoms with E-state index in [0.717, 1.165) is 12.8 Å². The predicted molar refractivity (Wildman–Crippen MR) is 118 cm³/mol. The number of methoxy groups -OCH3 is 1. The molecule has 4 N–H and O–H groups in total. The van der Waals surface area contributed by atoms with Gasteiger partial charge < -0.3 is 29.9 Å². The summed E-state index contributed by atoms with van der Waals surface area (Å²) in [5.74, 6) is -1.71. The van der Waals surface area contributed by atoms with Crippen molar-refractivity contribution < 1.29 is 34.7 Å². The molecular weight excluding hydrogens is 436 g/mol. The van der Waals surface area contributed by atoms with E-state index in [1.165, 1.54) is 13.2 Å². The Balaban J connectivity index is 1.61. The van der Waals surface area contributed by atoms with E-state index in [1.807, 2.05) is 6.92 Å². The summed E-state index contributed by atoms with van der Waals surface area (Å²) in [7, 11) is 1.40. The molecule has 4 rings (SSSR count). The molecule has 7 nitrogen and oxygen atoms in total. The Morgan fingerprint density at radius 1 is 1.22 bits per heavy atom. The molecule has 0 aliphatic heterocycles. The molecule has 0 heterocycles. The van der Waals surface area contributed by atoms with Crippen molar-refractivity contribution in [3.63, 3.8) is 0 Å². The number of carbonyl (C=O) groups excluding carboxylic acids is 1. The van der Waals surface area contributed by atoms with Crippen molar-refractivity contribution >= 4 is 17.6 Å². The van der Waals surface area contributed by atoms with Crippen molar-refractivity contribution in [3.8, 4) is 11.5 Å². The zero-order valence-corrected chi connectivity index (χ0v) is 19.9. The maximum Gasteiger partial charge on any atom is 0.342 e. The zero-order valence-electron chi connectivity index (χ0n) is 19.2. The van der Waals surface area contributed by atoms with Crippen LogP contribution >= 0.6 is 11.6 Å². The summed E-state index contributed by atoms with van der Waals surface area (Å²) in [6, 6.07) is 1.24. The van der Waals surface area contributed by atoms with Crippen molar-refractivity contribution in [1.29, 1.82) is 0 Å². The number of phenolic OH excluding ortho intramolecular Hbond substituents is 1. The van der Waals surface area contributed by atoms with Crippen LogP contribution in [0.5, 0.6) is 11.5 Å². The summed E-state index contributed by atoms with van der Waals surface area (Å²) in [5.41, 5.74) is -1.88. The van der Waals surface area contributed by atoms with Gasteiger partial charge in [0.25, 0.3) is 0 Å². The van der Waals surface area contributed by atoms with Gasteiger partial charge in [-0.05, 0) is 49.0 Å². The number of fused-ring (bicyclic) bond motifs is 3. The summed E-state index contributed by atoms with van der Waals surface area (Å²) in [6.45, 7) is 7.57. The van der Waals surface area contributed by atoms with Gasteiger partial charge in [0.2, 0.25) is 0 Å². The molecule has 3 aliphatic rings. The van der Waals surface area contributed by atoms with Gasteiger partial charge in [0.05, 0.1) is 36.9 Å². The number of esters is 1. The number of aromatic hydroxyl groups is 1. The summed E-state index contributed by atoms with van der Waals surface area (Å²) < 4.78 is 10.6. The minimum Gasteiger partial charge on any atom is -0.507 e. The third kappa shape index (κ3) is 3.08. The minimum absolute atomic E-state index is 0.0229. The van der Waals surface area contributed by atoms with Gasteiger partial charge in [-0.2, -0.15) is 0 Å². The lowest BCUT2D eigenvalue weighted by molar-refractivity contribution is -0.334. The van der Waals surface area contributed by atoms with Crippen molar-refractivity contribution in [2.45, 2.75) is 64.8 Å². The fourth-order valence-corrected chi connectivity index (χ4v) is 7.16. The SMILES string of the molecule is COc1cc(O)c(C(=O)OCC2C(O)C3CC(C)(C)CC3C3(C)CC(O)C23O)c(C)c1Cl. The largest absolute Gasteiger partial charge is 0.507 e. The van der Waals surface area contributed by atoms with Gasteiger partial charge >= 0.3 is 5.97 Å². The number of hydrogen-bond acceptors (Lipinski definition) is 7. The van der Waals surface area contributed by atoms with Gasteiger partial charge in [-0.3, -0.25) is 0 Å². The molecular formula is C24H33ClO7. The van der Waals surface area contributed by atoms with Gasteiger partial charge in [-0.15, -0.1) is 0 Å². The first-order valence-corrected chi connectivity index (χ1v) is 11.5. The molecule has 0 aromatic heterocycles. The van der Waals surface area contributed by atoms with Crippen LogP contribution in [-0.2, 0) is 4.74 Å². The maximum atomic E-state index is 12.9. The first kappa shape index (κ1) is 23.6. The molecule has 1 aromatic rings. The van der Waals surface area contributed by atoms with Crippen LogP contribution in [0.2, 0.25) is 5.02 Å². The van der Waals surface area contributed by atoms with Crippen molar-refractivity contribution in [3.05, 3.63) is 22.2 Å². The standard InChI is InChI=1S/C24H33ClO7/c1-11-18(15(26)6-16(31-5)19(11)25)21(29)32-10-14-20(28)12-7-22(2,3)8-13(12)23(4)9-17(27)24(14,23)30/h6,12-14,17,20,26-28,30H,7-10H2,1-5H3. The van der Waals surface area contributed by atoms with Crippen LogP contribution in [0.4, 0.5) is 0 Å². The number of carbonyl (C=O) groups is 1. The zero-order chi connectivity index (χ0) is 23.8. The van der Waals surface area contributed by atoms with Gasteiger partial charge in [-0.1, -0.05) is 32.4 Å². The van der Waals surface area contributed by atoms with Crippen LogP contribution in [0, 0.1) is 35.5 Å². The van der Waals surface area contributed by atoms with E-state index in [4.69, 9.17) is 21.1 Å². The highest BCUT2D eigenvalue weighted by Gasteiger charge is 2.75. The normalized spacial score (nSPS) is 39.6. The second-order valence-corrected chi connectivity index (χ2v) is 11.3.